The van der Waals surface area contributed by atoms with Gasteiger partial charge in [0.1, 0.15) is 5.52 Å². The number of para-hydroxylation sites is 2. The molecule has 0 amide bonds. The maximum absolute atomic E-state index is 5.23. The van der Waals surface area contributed by atoms with Crippen molar-refractivity contribution >= 4 is 54.6 Å². The molecule has 0 unspecified atom stereocenters. The Labute approximate surface area is 283 Å². The van der Waals surface area contributed by atoms with Crippen molar-refractivity contribution in [3.63, 3.8) is 0 Å². The highest BCUT2D eigenvalue weighted by atomic mass is 15.1. The van der Waals surface area contributed by atoms with Gasteiger partial charge < -0.3 is 0 Å². The summed E-state index contributed by atoms with van der Waals surface area (Å²) in [6, 6.07) is 62.9. The summed E-state index contributed by atoms with van der Waals surface area (Å²) in [6.07, 6.45) is 0. The summed E-state index contributed by atoms with van der Waals surface area (Å²) in [5.74, 6) is 0. The van der Waals surface area contributed by atoms with Crippen LogP contribution in [0.2, 0.25) is 0 Å². The Bertz CT molecular complexity index is 2880. The molecule has 3 nitrogen and oxygen atoms in total. The first kappa shape index (κ1) is 27.5. The maximum Gasteiger partial charge on any atom is 0.165 e. The Morgan fingerprint density at radius 1 is 0.347 bits per heavy atom. The largest absolute Gasteiger partial charge is 0.293 e. The monoisotopic (exact) mass is 623 g/mol. The van der Waals surface area contributed by atoms with Crippen LogP contribution in [-0.4, -0.2) is 14.5 Å². The zero-order valence-electron chi connectivity index (χ0n) is 26.6. The molecule has 0 aliphatic rings. The van der Waals surface area contributed by atoms with Gasteiger partial charge in [-0.25, -0.2) is 9.97 Å². The molecule has 0 bridgehead atoms. The molecule has 228 valence electrons. The van der Waals surface area contributed by atoms with Crippen molar-refractivity contribution in [3.05, 3.63) is 176 Å². The van der Waals surface area contributed by atoms with Crippen LogP contribution in [0.5, 0.6) is 0 Å². The Morgan fingerprint density at radius 2 is 0.898 bits per heavy atom. The lowest BCUT2D eigenvalue weighted by atomic mass is 9.92. The summed E-state index contributed by atoms with van der Waals surface area (Å²) in [4.78, 5) is 10.4. The highest BCUT2D eigenvalue weighted by Gasteiger charge is 2.18. The second kappa shape index (κ2) is 11.0. The van der Waals surface area contributed by atoms with E-state index in [0.717, 1.165) is 49.9 Å². The van der Waals surface area contributed by atoms with E-state index in [4.69, 9.17) is 9.97 Å². The van der Waals surface area contributed by atoms with E-state index >= 15 is 0 Å². The Hall–Kier alpha value is -6.58. The van der Waals surface area contributed by atoms with Crippen molar-refractivity contribution in [2.24, 2.45) is 0 Å². The fraction of sp³-hybridized carbons (Fsp3) is 0. The van der Waals surface area contributed by atoms with Crippen molar-refractivity contribution in [1.29, 1.82) is 0 Å². The molecular weight excluding hydrogens is 595 g/mol. The molecule has 0 N–H and O–H groups in total. The zero-order valence-corrected chi connectivity index (χ0v) is 26.6. The van der Waals surface area contributed by atoms with Gasteiger partial charge in [-0.1, -0.05) is 115 Å². The molecule has 0 fully saturated rings. The van der Waals surface area contributed by atoms with Crippen molar-refractivity contribution in [1.82, 2.24) is 14.5 Å². The number of benzene rings is 8. The van der Waals surface area contributed by atoms with Gasteiger partial charge in [-0.15, -0.1) is 0 Å². The summed E-state index contributed by atoms with van der Waals surface area (Å²) in [5, 5.41) is 5.97. The average Bonchev–Trinajstić information content (AvgIpc) is 3.49. The van der Waals surface area contributed by atoms with Crippen LogP contribution in [0.3, 0.4) is 0 Å². The molecule has 0 saturated heterocycles. The molecule has 49 heavy (non-hydrogen) atoms. The van der Waals surface area contributed by atoms with Gasteiger partial charge in [0, 0.05) is 11.1 Å². The summed E-state index contributed by atoms with van der Waals surface area (Å²) in [7, 11) is 0. The van der Waals surface area contributed by atoms with E-state index in [1.54, 1.807) is 0 Å². The van der Waals surface area contributed by atoms with Crippen LogP contribution in [0.1, 0.15) is 0 Å². The molecule has 3 heteroatoms. The predicted molar refractivity (Wildman–Crippen MR) is 205 cm³/mol. The molecule has 0 spiro atoms. The molecule has 10 rings (SSSR count). The second-order valence-corrected chi connectivity index (χ2v) is 12.7. The van der Waals surface area contributed by atoms with Gasteiger partial charge in [0.05, 0.1) is 16.6 Å². The smallest absolute Gasteiger partial charge is 0.165 e. The molecular formula is C46H29N3. The van der Waals surface area contributed by atoms with Gasteiger partial charge in [-0.3, -0.25) is 4.57 Å². The van der Waals surface area contributed by atoms with E-state index in [0.29, 0.717) is 0 Å². The SMILES string of the molecule is c1ccc(-c2cc(-c3ccc4ccccc4c3)cc(-c3ccc4c(c3)c3nc5ccccc5nc3n4-c3ccc4ccccc4c3)c2)cc1. The molecule has 0 radical (unpaired) electrons. The van der Waals surface area contributed by atoms with Gasteiger partial charge in [0.25, 0.3) is 0 Å². The summed E-state index contributed by atoms with van der Waals surface area (Å²) in [6.45, 7) is 0. The topological polar surface area (TPSA) is 30.7 Å². The first-order chi connectivity index (χ1) is 24.2. The van der Waals surface area contributed by atoms with Crippen molar-refractivity contribution in [3.8, 4) is 39.1 Å². The lowest BCUT2D eigenvalue weighted by Crippen LogP contribution is -1.96. The normalized spacial score (nSPS) is 11.7. The second-order valence-electron chi connectivity index (χ2n) is 12.7. The average molecular weight is 624 g/mol. The van der Waals surface area contributed by atoms with Crippen LogP contribution >= 0.6 is 0 Å². The van der Waals surface area contributed by atoms with Gasteiger partial charge in [-0.2, -0.15) is 0 Å². The maximum atomic E-state index is 5.23. The molecule has 0 aliphatic carbocycles. The van der Waals surface area contributed by atoms with Gasteiger partial charge in [0.15, 0.2) is 5.65 Å². The van der Waals surface area contributed by atoms with Crippen LogP contribution in [0.4, 0.5) is 0 Å². The first-order valence-corrected chi connectivity index (χ1v) is 16.7. The van der Waals surface area contributed by atoms with E-state index in [2.05, 4.69) is 156 Å². The Kier molecular flexibility index (Phi) is 6.18. The minimum absolute atomic E-state index is 0.857. The van der Waals surface area contributed by atoms with E-state index in [-0.39, 0.29) is 0 Å². The van der Waals surface area contributed by atoms with Crippen molar-refractivity contribution < 1.29 is 0 Å². The number of aromatic nitrogens is 3. The number of nitrogens with zero attached hydrogens (tertiary/aromatic N) is 3. The van der Waals surface area contributed by atoms with Crippen LogP contribution in [-0.2, 0) is 0 Å². The highest BCUT2D eigenvalue weighted by Crippen LogP contribution is 2.38. The number of hydrogen-bond acceptors (Lipinski definition) is 2. The Balaban J connectivity index is 1.22. The molecule has 2 heterocycles. The third-order valence-electron chi connectivity index (χ3n) is 9.70. The lowest BCUT2D eigenvalue weighted by molar-refractivity contribution is 1.14. The van der Waals surface area contributed by atoms with E-state index in [9.17, 15) is 0 Å². The quantitative estimate of drug-likeness (QED) is 0.195. The van der Waals surface area contributed by atoms with E-state index in [1.807, 2.05) is 24.3 Å². The van der Waals surface area contributed by atoms with E-state index < -0.39 is 0 Å². The molecule has 0 saturated carbocycles. The molecule has 10 aromatic rings. The van der Waals surface area contributed by atoms with Crippen LogP contribution in [0.25, 0.3) is 93.7 Å². The molecule has 0 atom stereocenters. The van der Waals surface area contributed by atoms with Crippen LogP contribution < -0.4 is 0 Å². The van der Waals surface area contributed by atoms with Gasteiger partial charge >= 0.3 is 0 Å². The lowest BCUT2D eigenvalue weighted by Gasteiger charge is -2.13. The minimum Gasteiger partial charge on any atom is -0.293 e. The van der Waals surface area contributed by atoms with Crippen LogP contribution in [0, 0.1) is 0 Å². The Morgan fingerprint density at radius 3 is 1.63 bits per heavy atom. The van der Waals surface area contributed by atoms with Gasteiger partial charge in [0.2, 0.25) is 0 Å². The van der Waals surface area contributed by atoms with Crippen LogP contribution in [0.15, 0.2) is 176 Å². The fourth-order valence-electron chi connectivity index (χ4n) is 7.25. The highest BCUT2D eigenvalue weighted by molar-refractivity contribution is 6.09. The zero-order chi connectivity index (χ0) is 32.3. The number of hydrogen-bond donors (Lipinski definition) is 0. The summed E-state index contributed by atoms with van der Waals surface area (Å²) >= 11 is 0. The minimum atomic E-state index is 0.857. The molecule has 2 aromatic heterocycles. The van der Waals surface area contributed by atoms with Crippen molar-refractivity contribution in [2.75, 3.05) is 0 Å². The number of fused-ring (bicyclic) bond motifs is 6. The van der Waals surface area contributed by atoms with E-state index in [1.165, 1.54) is 43.8 Å². The summed E-state index contributed by atoms with van der Waals surface area (Å²) < 4.78 is 2.27. The predicted octanol–water partition coefficient (Wildman–Crippen LogP) is 12.0. The van der Waals surface area contributed by atoms with Crippen molar-refractivity contribution in [2.45, 2.75) is 0 Å². The summed E-state index contributed by atoms with van der Waals surface area (Å²) in [5.41, 5.74) is 12.7. The third kappa shape index (κ3) is 4.67. The standard InChI is InChI=1S/C46H29N3/c1-2-10-30(11-3-1)37-25-38(35-19-18-31-12-4-6-14-33(31)24-35)27-39(26-37)36-21-23-44-41(29-36)45-46(48-43-17-9-8-16-42(43)47-45)49(44)40-22-20-32-13-5-7-15-34(32)28-40/h1-29H. The molecule has 0 aliphatic heterocycles. The van der Waals surface area contributed by atoms with Gasteiger partial charge in [-0.05, 0) is 116 Å². The first-order valence-electron chi connectivity index (χ1n) is 16.7. The number of rotatable bonds is 4. The molecule has 8 aromatic carbocycles. The third-order valence-corrected chi connectivity index (χ3v) is 9.70. The fourth-order valence-corrected chi connectivity index (χ4v) is 7.25.